The molecule has 0 unspecified atom stereocenters. The smallest absolute Gasteiger partial charge is 0.238 e. The van der Waals surface area contributed by atoms with Gasteiger partial charge in [-0.1, -0.05) is 20.4 Å². The number of rotatable bonds is 8. The number of sulfonamides is 1. The molecular formula is C10H22N2O2S. The van der Waals surface area contributed by atoms with E-state index in [9.17, 15) is 8.42 Å². The number of nitrogens with zero attached hydrogens (tertiary/aromatic N) is 1. The molecule has 0 saturated carbocycles. The first-order chi connectivity index (χ1) is 7.00. The van der Waals surface area contributed by atoms with Crippen molar-refractivity contribution in [3.63, 3.8) is 0 Å². The summed E-state index contributed by atoms with van der Waals surface area (Å²) in [7, 11) is -1.48. The van der Waals surface area contributed by atoms with Crippen LogP contribution in [0.2, 0.25) is 0 Å². The minimum Gasteiger partial charge on any atom is -0.318 e. The zero-order chi connectivity index (χ0) is 11.9. The van der Waals surface area contributed by atoms with E-state index < -0.39 is 10.0 Å². The number of likely N-dealkylation sites (N-methyl/N-ethyl adjacent to an activating group) is 1. The highest BCUT2D eigenvalue weighted by atomic mass is 32.2. The SMILES string of the molecule is C=C(CC)S(=O)(=O)N(CCC)CCNC. The van der Waals surface area contributed by atoms with E-state index in [-0.39, 0.29) is 0 Å². The van der Waals surface area contributed by atoms with Crippen molar-refractivity contribution < 1.29 is 8.42 Å². The summed E-state index contributed by atoms with van der Waals surface area (Å²) in [5.74, 6) is 0. The molecule has 1 N–H and O–H groups in total. The molecule has 0 aliphatic heterocycles. The molecular weight excluding hydrogens is 212 g/mol. The molecule has 0 aliphatic carbocycles. The van der Waals surface area contributed by atoms with Crippen LogP contribution in [0.1, 0.15) is 26.7 Å². The lowest BCUT2D eigenvalue weighted by Gasteiger charge is -2.22. The van der Waals surface area contributed by atoms with Gasteiger partial charge in [-0.25, -0.2) is 8.42 Å². The second kappa shape index (κ2) is 6.98. The average Bonchev–Trinajstić information content (AvgIpc) is 2.22. The molecule has 0 rings (SSSR count). The van der Waals surface area contributed by atoms with Crippen LogP contribution in [-0.2, 0) is 10.0 Å². The van der Waals surface area contributed by atoms with E-state index in [0.29, 0.717) is 31.0 Å². The summed E-state index contributed by atoms with van der Waals surface area (Å²) in [5, 5.41) is 2.95. The summed E-state index contributed by atoms with van der Waals surface area (Å²) < 4.78 is 25.4. The average molecular weight is 234 g/mol. The van der Waals surface area contributed by atoms with Crippen LogP contribution in [0.3, 0.4) is 0 Å². The summed E-state index contributed by atoms with van der Waals surface area (Å²) >= 11 is 0. The molecule has 0 fully saturated rings. The Morgan fingerprint density at radius 2 is 1.93 bits per heavy atom. The van der Waals surface area contributed by atoms with Crippen molar-refractivity contribution in [1.82, 2.24) is 9.62 Å². The highest BCUT2D eigenvalue weighted by Crippen LogP contribution is 2.14. The van der Waals surface area contributed by atoms with Gasteiger partial charge >= 0.3 is 0 Å². The molecule has 0 aromatic heterocycles. The summed E-state index contributed by atoms with van der Waals surface area (Å²) in [5.41, 5.74) is 0. The Morgan fingerprint density at radius 1 is 1.33 bits per heavy atom. The van der Waals surface area contributed by atoms with E-state index in [0.717, 1.165) is 6.42 Å². The van der Waals surface area contributed by atoms with Crippen LogP contribution in [0.15, 0.2) is 11.5 Å². The lowest BCUT2D eigenvalue weighted by Crippen LogP contribution is -2.37. The Bertz CT molecular complexity index is 286. The highest BCUT2D eigenvalue weighted by molar-refractivity contribution is 7.93. The van der Waals surface area contributed by atoms with Crippen LogP contribution in [0.5, 0.6) is 0 Å². The van der Waals surface area contributed by atoms with Crippen LogP contribution in [0.4, 0.5) is 0 Å². The third-order valence-electron chi connectivity index (χ3n) is 2.18. The summed E-state index contributed by atoms with van der Waals surface area (Å²) in [6.45, 7) is 9.11. The lowest BCUT2D eigenvalue weighted by atomic mass is 10.5. The van der Waals surface area contributed by atoms with Gasteiger partial charge in [0, 0.05) is 19.6 Å². The van der Waals surface area contributed by atoms with Gasteiger partial charge in [0.05, 0.1) is 4.91 Å². The van der Waals surface area contributed by atoms with E-state index in [1.165, 1.54) is 4.31 Å². The van der Waals surface area contributed by atoms with E-state index in [1.54, 1.807) is 0 Å². The van der Waals surface area contributed by atoms with Crippen molar-refractivity contribution in [2.45, 2.75) is 26.7 Å². The Hall–Kier alpha value is -0.390. The molecule has 5 heteroatoms. The topological polar surface area (TPSA) is 49.4 Å². The third-order valence-corrected chi connectivity index (χ3v) is 4.25. The van der Waals surface area contributed by atoms with Crippen molar-refractivity contribution in [1.29, 1.82) is 0 Å². The molecule has 0 saturated heterocycles. The van der Waals surface area contributed by atoms with E-state index in [2.05, 4.69) is 11.9 Å². The summed E-state index contributed by atoms with van der Waals surface area (Å²) in [6, 6.07) is 0. The van der Waals surface area contributed by atoms with Gasteiger partial charge in [0.1, 0.15) is 0 Å². The maximum atomic E-state index is 12.0. The normalized spacial score (nSPS) is 12.0. The molecule has 0 amide bonds. The van der Waals surface area contributed by atoms with Gasteiger partial charge in [0.2, 0.25) is 10.0 Å². The Labute approximate surface area is 93.4 Å². The standard InChI is InChI=1S/C10H22N2O2S/c1-5-8-12(9-7-11-4)15(13,14)10(3)6-2/h11H,3,5-9H2,1-2,4H3. The van der Waals surface area contributed by atoms with Gasteiger partial charge < -0.3 is 5.32 Å². The van der Waals surface area contributed by atoms with E-state index >= 15 is 0 Å². The quantitative estimate of drug-likeness (QED) is 0.686. The van der Waals surface area contributed by atoms with Crippen molar-refractivity contribution in [3.8, 4) is 0 Å². The van der Waals surface area contributed by atoms with Crippen LogP contribution in [0, 0.1) is 0 Å². The molecule has 0 aliphatic rings. The van der Waals surface area contributed by atoms with Gasteiger partial charge in [-0.3, -0.25) is 0 Å². The van der Waals surface area contributed by atoms with E-state index in [4.69, 9.17) is 0 Å². The van der Waals surface area contributed by atoms with Crippen molar-refractivity contribution >= 4 is 10.0 Å². The monoisotopic (exact) mass is 234 g/mol. The van der Waals surface area contributed by atoms with Gasteiger partial charge in [-0.2, -0.15) is 4.31 Å². The molecule has 0 bridgehead atoms. The molecule has 0 radical (unpaired) electrons. The largest absolute Gasteiger partial charge is 0.318 e. The van der Waals surface area contributed by atoms with Crippen molar-refractivity contribution in [2.75, 3.05) is 26.7 Å². The lowest BCUT2D eigenvalue weighted by molar-refractivity contribution is 0.412. The third kappa shape index (κ3) is 4.32. The Balaban J connectivity index is 4.66. The van der Waals surface area contributed by atoms with Crippen LogP contribution < -0.4 is 5.32 Å². The first-order valence-corrected chi connectivity index (χ1v) is 6.77. The first-order valence-electron chi connectivity index (χ1n) is 5.33. The van der Waals surface area contributed by atoms with Gasteiger partial charge in [0.15, 0.2) is 0 Å². The predicted molar refractivity (Wildman–Crippen MR) is 64.1 cm³/mol. The molecule has 4 nitrogen and oxygen atoms in total. The number of hydrogen-bond donors (Lipinski definition) is 1. The Kier molecular flexibility index (Phi) is 6.80. The zero-order valence-corrected chi connectivity index (χ0v) is 10.7. The van der Waals surface area contributed by atoms with E-state index in [1.807, 2.05) is 20.9 Å². The van der Waals surface area contributed by atoms with Crippen LogP contribution in [-0.4, -0.2) is 39.4 Å². The van der Waals surface area contributed by atoms with Gasteiger partial charge in [0.25, 0.3) is 0 Å². The zero-order valence-electron chi connectivity index (χ0n) is 9.91. The molecule has 0 atom stereocenters. The molecule has 0 aromatic rings. The van der Waals surface area contributed by atoms with Crippen LogP contribution in [0.25, 0.3) is 0 Å². The minimum absolute atomic E-state index is 0.298. The molecule has 15 heavy (non-hydrogen) atoms. The van der Waals surface area contributed by atoms with Crippen molar-refractivity contribution in [3.05, 3.63) is 11.5 Å². The van der Waals surface area contributed by atoms with Crippen LogP contribution >= 0.6 is 0 Å². The summed E-state index contributed by atoms with van der Waals surface area (Å²) in [6.07, 6.45) is 1.29. The summed E-state index contributed by atoms with van der Waals surface area (Å²) in [4.78, 5) is 0.298. The maximum Gasteiger partial charge on any atom is 0.238 e. The fourth-order valence-electron chi connectivity index (χ4n) is 1.20. The van der Waals surface area contributed by atoms with Gasteiger partial charge in [-0.05, 0) is 19.9 Å². The minimum atomic E-state index is -3.29. The fraction of sp³-hybridized carbons (Fsp3) is 0.800. The highest BCUT2D eigenvalue weighted by Gasteiger charge is 2.22. The van der Waals surface area contributed by atoms with Gasteiger partial charge in [-0.15, -0.1) is 0 Å². The predicted octanol–water partition coefficient (Wildman–Crippen LogP) is 1.17. The second-order valence-electron chi connectivity index (χ2n) is 3.40. The first kappa shape index (κ1) is 14.6. The second-order valence-corrected chi connectivity index (χ2v) is 5.44. The Morgan fingerprint density at radius 3 is 2.33 bits per heavy atom. The number of allylic oxidation sites excluding steroid dienone is 1. The number of hydrogen-bond acceptors (Lipinski definition) is 3. The molecule has 0 aromatic carbocycles. The van der Waals surface area contributed by atoms with Crippen molar-refractivity contribution in [2.24, 2.45) is 0 Å². The molecule has 90 valence electrons. The maximum absolute atomic E-state index is 12.0. The molecule has 0 spiro atoms. The molecule has 0 heterocycles. The fourth-order valence-corrected chi connectivity index (χ4v) is 2.69. The number of nitrogens with one attached hydrogen (secondary N) is 1.